The van der Waals surface area contributed by atoms with Crippen molar-refractivity contribution in [3.05, 3.63) is 10.5 Å². The molecule has 0 aromatic carbocycles. The molecule has 1 fully saturated rings. The molecule has 1 saturated carbocycles. The summed E-state index contributed by atoms with van der Waals surface area (Å²) in [5, 5.41) is 10.2. The Hall–Kier alpha value is -1.28. The van der Waals surface area contributed by atoms with Crippen LogP contribution in [-0.4, -0.2) is 45.7 Å². The number of nitrogens with zero attached hydrogens (tertiary/aromatic N) is 2. The van der Waals surface area contributed by atoms with E-state index in [0.717, 1.165) is 19.3 Å². The molecule has 2 N–H and O–H groups in total. The fraction of sp³-hybridized carbons (Fsp3) is 0.833. The first-order valence-electron chi connectivity index (χ1n) is 9.64. The molecule has 26 heavy (non-hydrogen) atoms. The first kappa shape index (κ1) is 21.0. The maximum absolute atomic E-state index is 12.9. The van der Waals surface area contributed by atoms with E-state index in [2.05, 4.69) is 15.5 Å². The molecule has 8 heteroatoms. The van der Waals surface area contributed by atoms with Crippen molar-refractivity contribution in [3.63, 3.8) is 0 Å². The molecule has 0 bridgehead atoms. The molecule has 1 aromatic rings. The van der Waals surface area contributed by atoms with Crippen LogP contribution in [0.3, 0.4) is 0 Å². The third-order valence-corrected chi connectivity index (χ3v) is 6.29. The predicted molar refractivity (Wildman–Crippen MR) is 103 cm³/mol. The van der Waals surface area contributed by atoms with Crippen molar-refractivity contribution in [2.24, 2.45) is 5.92 Å². The molecular formula is C18H32N4O3S. The zero-order valence-electron chi connectivity index (χ0n) is 16.1. The number of carbonyl (C=O) groups is 1. The fourth-order valence-electron chi connectivity index (χ4n) is 3.27. The Kier molecular flexibility index (Phi) is 8.71. The SMILES string of the molecule is COCCCn1c(SC(C(=O)NC2CCCCCC2)C(C)C)n[nH]c1=O. The summed E-state index contributed by atoms with van der Waals surface area (Å²) in [5.41, 5.74) is -0.240. The van der Waals surface area contributed by atoms with Crippen molar-refractivity contribution < 1.29 is 9.53 Å². The van der Waals surface area contributed by atoms with Crippen LogP contribution in [0.2, 0.25) is 0 Å². The van der Waals surface area contributed by atoms with Crippen molar-refractivity contribution in [3.8, 4) is 0 Å². The van der Waals surface area contributed by atoms with Crippen molar-refractivity contribution in [1.82, 2.24) is 20.1 Å². The topological polar surface area (TPSA) is 89.0 Å². The zero-order valence-corrected chi connectivity index (χ0v) is 16.9. The average molecular weight is 385 g/mol. The summed E-state index contributed by atoms with van der Waals surface area (Å²) < 4.78 is 6.65. The predicted octanol–water partition coefficient (Wildman–Crippen LogP) is 2.56. The number of hydrogen-bond acceptors (Lipinski definition) is 5. The molecule has 0 radical (unpaired) electrons. The van der Waals surface area contributed by atoms with Gasteiger partial charge in [0.1, 0.15) is 0 Å². The molecule has 0 spiro atoms. The quantitative estimate of drug-likeness (QED) is 0.388. The summed E-state index contributed by atoms with van der Waals surface area (Å²) in [6, 6.07) is 0.273. The van der Waals surface area contributed by atoms with Gasteiger partial charge in [-0.25, -0.2) is 9.89 Å². The Balaban J connectivity index is 2.03. The lowest BCUT2D eigenvalue weighted by molar-refractivity contribution is -0.122. The minimum atomic E-state index is -0.269. The van der Waals surface area contributed by atoms with Gasteiger partial charge in [-0.05, 0) is 25.2 Å². The van der Waals surface area contributed by atoms with Crippen molar-refractivity contribution in [2.75, 3.05) is 13.7 Å². The molecule has 1 amide bonds. The summed E-state index contributed by atoms with van der Waals surface area (Å²) in [6.07, 6.45) is 7.73. The van der Waals surface area contributed by atoms with E-state index >= 15 is 0 Å². The Morgan fingerprint density at radius 3 is 2.65 bits per heavy atom. The molecule has 1 unspecified atom stereocenters. The van der Waals surface area contributed by atoms with Crippen LogP contribution in [0, 0.1) is 5.92 Å². The fourth-order valence-corrected chi connectivity index (χ4v) is 4.34. The number of aromatic amines is 1. The number of amides is 1. The monoisotopic (exact) mass is 384 g/mol. The first-order chi connectivity index (χ1) is 12.5. The van der Waals surface area contributed by atoms with E-state index in [1.807, 2.05) is 13.8 Å². The van der Waals surface area contributed by atoms with E-state index in [1.165, 1.54) is 37.4 Å². The van der Waals surface area contributed by atoms with Crippen LogP contribution >= 0.6 is 11.8 Å². The van der Waals surface area contributed by atoms with Crippen molar-refractivity contribution in [1.29, 1.82) is 0 Å². The number of H-pyrrole nitrogens is 1. The lowest BCUT2D eigenvalue weighted by Crippen LogP contribution is -2.42. The molecule has 148 valence electrons. The lowest BCUT2D eigenvalue weighted by Gasteiger charge is -2.23. The maximum atomic E-state index is 12.9. The molecule has 1 aliphatic carbocycles. The van der Waals surface area contributed by atoms with Crippen molar-refractivity contribution >= 4 is 17.7 Å². The normalized spacial score (nSPS) is 17.2. The lowest BCUT2D eigenvalue weighted by atomic mass is 10.1. The van der Waals surface area contributed by atoms with E-state index in [-0.39, 0.29) is 28.8 Å². The molecule has 1 aromatic heterocycles. The average Bonchev–Trinajstić information content (AvgIpc) is 2.79. The van der Waals surface area contributed by atoms with Gasteiger partial charge >= 0.3 is 5.69 Å². The minimum Gasteiger partial charge on any atom is -0.385 e. The molecule has 7 nitrogen and oxygen atoms in total. The Morgan fingerprint density at radius 2 is 2.04 bits per heavy atom. The van der Waals surface area contributed by atoms with E-state index in [0.29, 0.717) is 18.3 Å². The van der Waals surface area contributed by atoms with Crippen LogP contribution < -0.4 is 11.0 Å². The van der Waals surface area contributed by atoms with Gasteiger partial charge in [-0.3, -0.25) is 9.36 Å². The second-order valence-electron chi connectivity index (χ2n) is 7.29. The number of hydrogen-bond donors (Lipinski definition) is 2. The van der Waals surface area contributed by atoms with Crippen LogP contribution in [0.5, 0.6) is 0 Å². The minimum absolute atomic E-state index is 0.0517. The first-order valence-corrected chi connectivity index (χ1v) is 10.5. The number of ether oxygens (including phenoxy) is 1. The summed E-state index contributed by atoms with van der Waals surface area (Å²) in [5.74, 6) is 0.195. The van der Waals surface area contributed by atoms with E-state index in [1.54, 1.807) is 11.7 Å². The van der Waals surface area contributed by atoms with Gasteiger partial charge in [-0.1, -0.05) is 51.3 Å². The smallest absolute Gasteiger partial charge is 0.343 e. The zero-order chi connectivity index (χ0) is 18.9. The number of nitrogens with one attached hydrogen (secondary N) is 2. The van der Waals surface area contributed by atoms with Crippen molar-refractivity contribution in [2.45, 2.75) is 81.8 Å². The van der Waals surface area contributed by atoms with E-state index in [4.69, 9.17) is 4.74 Å². The van der Waals surface area contributed by atoms with Gasteiger partial charge in [0.25, 0.3) is 0 Å². The molecule has 1 heterocycles. The second-order valence-corrected chi connectivity index (χ2v) is 8.40. The van der Waals surface area contributed by atoms with Crippen LogP contribution in [0.4, 0.5) is 0 Å². The largest absolute Gasteiger partial charge is 0.385 e. The Labute approximate surface area is 159 Å². The molecule has 2 rings (SSSR count). The highest BCUT2D eigenvalue weighted by Gasteiger charge is 2.28. The van der Waals surface area contributed by atoms with E-state index in [9.17, 15) is 9.59 Å². The third-order valence-electron chi connectivity index (χ3n) is 4.75. The van der Waals surface area contributed by atoms with Gasteiger partial charge < -0.3 is 10.1 Å². The molecule has 0 aliphatic heterocycles. The number of thioether (sulfide) groups is 1. The van der Waals surface area contributed by atoms with Gasteiger partial charge in [0, 0.05) is 26.3 Å². The van der Waals surface area contributed by atoms with Gasteiger partial charge in [0.15, 0.2) is 5.16 Å². The molecular weight excluding hydrogens is 352 g/mol. The van der Waals surface area contributed by atoms with Gasteiger partial charge in [0.2, 0.25) is 5.91 Å². The highest BCUT2D eigenvalue weighted by Crippen LogP contribution is 2.27. The van der Waals surface area contributed by atoms with E-state index < -0.39 is 0 Å². The highest BCUT2D eigenvalue weighted by molar-refractivity contribution is 8.00. The van der Waals surface area contributed by atoms with Gasteiger partial charge in [0.05, 0.1) is 5.25 Å². The maximum Gasteiger partial charge on any atom is 0.343 e. The van der Waals surface area contributed by atoms with Gasteiger partial charge in [-0.15, -0.1) is 5.10 Å². The number of aromatic nitrogens is 3. The Morgan fingerprint density at radius 1 is 1.35 bits per heavy atom. The number of methoxy groups -OCH3 is 1. The summed E-state index contributed by atoms with van der Waals surface area (Å²) in [4.78, 5) is 24.9. The van der Waals surface area contributed by atoms with Crippen LogP contribution in [0.15, 0.2) is 9.95 Å². The van der Waals surface area contributed by atoms with Crippen LogP contribution in [0.1, 0.15) is 58.8 Å². The third kappa shape index (κ3) is 6.16. The highest BCUT2D eigenvalue weighted by atomic mass is 32.2. The molecule has 1 aliphatic rings. The summed E-state index contributed by atoms with van der Waals surface area (Å²) >= 11 is 1.37. The van der Waals surface area contributed by atoms with Crippen LogP contribution in [-0.2, 0) is 16.1 Å². The molecule has 1 atom stereocenters. The number of carbonyl (C=O) groups excluding carboxylic acids is 1. The second kappa shape index (κ2) is 10.8. The van der Waals surface area contributed by atoms with Crippen LogP contribution in [0.25, 0.3) is 0 Å². The summed E-state index contributed by atoms with van der Waals surface area (Å²) in [7, 11) is 1.64. The number of rotatable bonds is 9. The Bertz CT molecular complexity index is 606. The standard InChI is InChI=1S/C18H32N4O3S/c1-13(2)15(16(23)19-14-9-6-4-5-7-10-14)26-18-21-20-17(24)22(18)11-8-12-25-3/h13-15H,4-12H2,1-3H3,(H,19,23)(H,20,24). The summed E-state index contributed by atoms with van der Waals surface area (Å²) in [6.45, 7) is 5.17. The van der Waals surface area contributed by atoms with Gasteiger partial charge in [-0.2, -0.15) is 0 Å². The molecule has 0 saturated heterocycles.